The van der Waals surface area contributed by atoms with E-state index in [-0.39, 0.29) is 17.5 Å². The second-order valence-corrected chi connectivity index (χ2v) is 9.05. The number of carbonyl (C=O) groups excluding carboxylic acids is 3. The predicted octanol–water partition coefficient (Wildman–Crippen LogP) is 4.39. The van der Waals surface area contributed by atoms with Gasteiger partial charge in [0.15, 0.2) is 11.6 Å². The summed E-state index contributed by atoms with van der Waals surface area (Å²) < 4.78 is 13.6. The lowest BCUT2D eigenvalue weighted by molar-refractivity contribution is -0.127. The predicted molar refractivity (Wildman–Crippen MR) is 127 cm³/mol. The van der Waals surface area contributed by atoms with Gasteiger partial charge in [-0.3, -0.25) is 14.4 Å². The molecule has 5 nitrogen and oxygen atoms in total. The third-order valence-electron chi connectivity index (χ3n) is 7.34. The van der Waals surface area contributed by atoms with E-state index in [2.05, 4.69) is 5.32 Å². The molecule has 1 spiro atoms. The van der Waals surface area contributed by atoms with E-state index >= 15 is 0 Å². The van der Waals surface area contributed by atoms with Gasteiger partial charge >= 0.3 is 0 Å². The molecule has 1 N–H and O–H groups in total. The first-order chi connectivity index (χ1) is 16.4. The number of ketones is 2. The Morgan fingerprint density at radius 1 is 0.971 bits per heavy atom. The molecule has 4 atom stereocenters. The van der Waals surface area contributed by atoms with Crippen molar-refractivity contribution in [2.24, 2.45) is 5.92 Å². The van der Waals surface area contributed by atoms with Crippen LogP contribution in [0.2, 0.25) is 0 Å². The summed E-state index contributed by atoms with van der Waals surface area (Å²) in [5.74, 6) is -2.20. The maximum absolute atomic E-state index is 14.1. The van der Waals surface area contributed by atoms with Crippen molar-refractivity contribution in [3.8, 4) is 0 Å². The minimum atomic E-state index is -1.43. The molecule has 3 aliphatic rings. The van der Waals surface area contributed by atoms with Crippen molar-refractivity contribution in [3.05, 3.63) is 101 Å². The SMILES string of the molecule is CC(=O)[C@@H]1N2c3ccccc3C=CC2[C@H](C(=O)c2ccc(F)cc2)[C@]12C(=O)Nc1ccccc12. The first-order valence-electron chi connectivity index (χ1n) is 11.2. The van der Waals surface area contributed by atoms with Crippen LogP contribution in [0.25, 0.3) is 6.08 Å². The van der Waals surface area contributed by atoms with E-state index < -0.39 is 29.2 Å². The molecule has 0 bridgehead atoms. The molecule has 6 rings (SSSR count). The number of benzene rings is 3. The normalized spacial score (nSPS) is 26.1. The van der Waals surface area contributed by atoms with Gasteiger partial charge in [-0.05, 0) is 54.4 Å². The highest BCUT2D eigenvalue weighted by Gasteiger charge is 2.70. The lowest BCUT2D eigenvalue weighted by atomic mass is 9.64. The quantitative estimate of drug-likeness (QED) is 0.599. The molecule has 3 heterocycles. The Labute approximate surface area is 195 Å². The topological polar surface area (TPSA) is 66.5 Å². The first kappa shape index (κ1) is 20.5. The Bertz CT molecular complexity index is 1400. The van der Waals surface area contributed by atoms with Crippen LogP contribution in [0, 0.1) is 11.7 Å². The van der Waals surface area contributed by atoms with Gasteiger partial charge in [-0.15, -0.1) is 0 Å². The smallest absolute Gasteiger partial charge is 0.238 e. The summed E-state index contributed by atoms with van der Waals surface area (Å²) in [6.07, 6.45) is 3.85. The fourth-order valence-corrected chi connectivity index (χ4v) is 6.11. The maximum atomic E-state index is 14.1. The monoisotopic (exact) mass is 452 g/mol. The molecule has 3 aromatic carbocycles. The molecule has 0 aromatic heterocycles. The van der Waals surface area contributed by atoms with E-state index in [0.29, 0.717) is 16.8 Å². The van der Waals surface area contributed by atoms with Crippen LogP contribution in [0.5, 0.6) is 0 Å². The Hall–Kier alpha value is -4.06. The van der Waals surface area contributed by atoms with E-state index in [1.165, 1.54) is 31.2 Å². The van der Waals surface area contributed by atoms with E-state index in [1.807, 2.05) is 59.5 Å². The van der Waals surface area contributed by atoms with Crippen molar-refractivity contribution >= 4 is 34.9 Å². The zero-order valence-corrected chi connectivity index (χ0v) is 18.4. The maximum Gasteiger partial charge on any atom is 0.238 e. The van der Waals surface area contributed by atoms with Gasteiger partial charge in [0, 0.05) is 16.9 Å². The number of hydrogen-bond donors (Lipinski definition) is 1. The number of hydrogen-bond acceptors (Lipinski definition) is 4. The number of carbonyl (C=O) groups is 3. The molecule has 3 aliphatic heterocycles. The van der Waals surface area contributed by atoms with Crippen molar-refractivity contribution in [2.45, 2.75) is 24.4 Å². The van der Waals surface area contributed by atoms with E-state index in [1.54, 1.807) is 6.07 Å². The Balaban J connectivity index is 1.66. The van der Waals surface area contributed by atoms with Gasteiger partial charge in [0.2, 0.25) is 5.91 Å². The number of rotatable bonds is 3. The van der Waals surface area contributed by atoms with Crippen LogP contribution in [-0.2, 0) is 15.0 Å². The average Bonchev–Trinajstić information content (AvgIpc) is 3.32. The van der Waals surface area contributed by atoms with Crippen molar-refractivity contribution < 1.29 is 18.8 Å². The average molecular weight is 452 g/mol. The van der Waals surface area contributed by atoms with Crippen LogP contribution in [0.3, 0.4) is 0 Å². The summed E-state index contributed by atoms with van der Waals surface area (Å²) in [6, 6.07) is 18.9. The van der Waals surface area contributed by atoms with Crippen molar-refractivity contribution in [1.82, 2.24) is 0 Å². The summed E-state index contributed by atoms with van der Waals surface area (Å²) in [5, 5.41) is 2.94. The largest absolute Gasteiger partial charge is 0.352 e. The fraction of sp³-hybridized carbons (Fsp3) is 0.179. The van der Waals surface area contributed by atoms with Crippen LogP contribution >= 0.6 is 0 Å². The van der Waals surface area contributed by atoms with Gasteiger partial charge in [-0.1, -0.05) is 48.6 Å². The molecule has 168 valence electrons. The Morgan fingerprint density at radius 2 is 1.68 bits per heavy atom. The van der Waals surface area contributed by atoms with Crippen molar-refractivity contribution in [1.29, 1.82) is 0 Å². The molecule has 1 fully saturated rings. The zero-order valence-electron chi connectivity index (χ0n) is 18.4. The molecule has 3 aromatic rings. The van der Waals surface area contributed by atoms with E-state index in [4.69, 9.17) is 0 Å². The number of fused-ring (bicyclic) bond motifs is 5. The molecule has 0 radical (unpaired) electrons. The van der Waals surface area contributed by atoms with E-state index in [0.717, 1.165) is 11.3 Å². The number of anilines is 2. The van der Waals surface area contributed by atoms with Crippen LogP contribution in [0.15, 0.2) is 78.9 Å². The molecule has 1 unspecified atom stereocenters. The first-order valence-corrected chi connectivity index (χ1v) is 11.2. The van der Waals surface area contributed by atoms with Gasteiger partial charge in [0.05, 0.1) is 12.0 Å². The minimum absolute atomic E-state index is 0.198. The highest BCUT2D eigenvalue weighted by atomic mass is 19.1. The number of para-hydroxylation sites is 2. The summed E-state index contributed by atoms with van der Waals surface area (Å²) in [7, 11) is 0. The molecular weight excluding hydrogens is 431 g/mol. The third kappa shape index (κ3) is 2.56. The standard InChI is InChI=1S/C28H21FN2O3/c1-16(32)26-28(20-7-3-4-8-21(20)30-27(28)34)24(25(33)18-10-13-19(29)14-11-18)23-15-12-17-6-2-5-9-22(17)31(23)26/h2-15,23-24,26H,1H3,(H,30,34)/t23?,24-,26+,28+/m1/s1. The van der Waals surface area contributed by atoms with Crippen LogP contribution in [0.1, 0.15) is 28.4 Å². The summed E-state index contributed by atoms with van der Waals surface area (Å²) in [4.78, 5) is 43.3. The van der Waals surface area contributed by atoms with Gasteiger partial charge < -0.3 is 10.2 Å². The highest BCUT2D eigenvalue weighted by Crippen LogP contribution is 2.57. The number of Topliss-reactive ketones (excluding diaryl/α,β-unsaturated/α-hetero) is 2. The van der Waals surface area contributed by atoms with Gasteiger partial charge in [0.1, 0.15) is 17.3 Å². The summed E-state index contributed by atoms with van der Waals surface area (Å²) in [5.41, 5.74) is 1.84. The molecule has 34 heavy (non-hydrogen) atoms. The molecule has 0 aliphatic carbocycles. The van der Waals surface area contributed by atoms with Crippen molar-refractivity contribution in [2.75, 3.05) is 10.2 Å². The summed E-state index contributed by atoms with van der Waals surface area (Å²) in [6.45, 7) is 1.48. The second-order valence-electron chi connectivity index (χ2n) is 9.05. The van der Waals surface area contributed by atoms with E-state index in [9.17, 15) is 18.8 Å². The summed E-state index contributed by atoms with van der Waals surface area (Å²) >= 11 is 0. The minimum Gasteiger partial charge on any atom is -0.352 e. The van der Waals surface area contributed by atoms with Gasteiger partial charge in [-0.25, -0.2) is 4.39 Å². The number of nitrogens with zero attached hydrogens (tertiary/aromatic N) is 1. The highest BCUT2D eigenvalue weighted by molar-refractivity contribution is 6.17. The molecule has 0 saturated carbocycles. The zero-order chi connectivity index (χ0) is 23.6. The Morgan fingerprint density at radius 3 is 2.44 bits per heavy atom. The van der Waals surface area contributed by atoms with Gasteiger partial charge in [0.25, 0.3) is 0 Å². The molecular formula is C28H21FN2O3. The number of nitrogens with one attached hydrogen (secondary N) is 1. The lowest BCUT2D eigenvalue weighted by Gasteiger charge is -2.36. The van der Waals surface area contributed by atoms with Crippen LogP contribution < -0.4 is 10.2 Å². The third-order valence-corrected chi connectivity index (χ3v) is 7.34. The van der Waals surface area contributed by atoms with Crippen LogP contribution in [0.4, 0.5) is 15.8 Å². The molecule has 1 saturated heterocycles. The lowest BCUT2D eigenvalue weighted by Crippen LogP contribution is -2.54. The number of halogens is 1. The molecule has 1 amide bonds. The molecule has 6 heteroatoms. The van der Waals surface area contributed by atoms with Crippen molar-refractivity contribution in [3.63, 3.8) is 0 Å². The fourth-order valence-electron chi connectivity index (χ4n) is 6.11. The Kier molecular flexibility index (Phi) is 4.36. The second kappa shape index (κ2) is 7.22. The van der Waals surface area contributed by atoms with Crippen LogP contribution in [-0.4, -0.2) is 29.6 Å². The number of amides is 1. The van der Waals surface area contributed by atoms with Gasteiger partial charge in [-0.2, -0.15) is 0 Å².